The number of nitrogens with zero attached hydrogens (tertiary/aromatic N) is 1. The first-order valence-corrected chi connectivity index (χ1v) is 7.30. The largest absolute Gasteiger partial charge is 0.365 e. The van der Waals surface area contributed by atoms with Crippen molar-refractivity contribution >= 4 is 5.91 Å². The summed E-state index contributed by atoms with van der Waals surface area (Å²) in [4.78, 5) is 14.8. The molecule has 2 saturated heterocycles. The summed E-state index contributed by atoms with van der Waals surface area (Å²) in [6.07, 6.45) is 5.88. The number of rotatable bonds is 4. The Morgan fingerprint density at radius 2 is 2.17 bits per heavy atom. The lowest BCUT2D eigenvalue weighted by atomic mass is 9.92. The number of likely N-dealkylation sites (tertiary alicyclic amines) is 1. The summed E-state index contributed by atoms with van der Waals surface area (Å²) in [6, 6.07) is 0.339. The van der Waals surface area contributed by atoms with E-state index in [4.69, 9.17) is 4.74 Å². The number of carbonyl (C=O) groups excluding carboxylic acids is 1. The minimum atomic E-state index is -0.516. The summed E-state index contributed by atoms with van der Waals surface area (Å²) < 4.78 is 5.78. The molecule has 0 aromatic rings. The first-order chi connectivity index (χ1) is 8.66. The second-order valence-electron chi connectivity index (χ2n) is 5.75. The van der Waals surface area contributed by atoms with Gasteiger partial charge in [-0.15, -0.1) is 0 Å². The van der Waals surface area contributed by atoms with Crippen LogP contribution in [0.15, 0.2) is 0 Å². The van der Waals surface area contributed by atoms with Crippen LogP contribution >= 0.6 is 0 Å². The molecule has 0 spiro atoms. The summed E-state index contributed by atoms with van der Waals surface area (Å²) in [5.41, 5.74) is -0.516. The maximum Gasteiger partial charge on any atom is 0.252 e. The third kappa shape index (κ3) is 3.04. The predicted octanol–water partition coefficient (Wildman–Crippen LogP) is 1.55. The first-order valence-electron chi connectivity index (χ1n) is 7.30. The maximum atomic E-state index is 12.5. The lowest BCUT2D eigenvalue weighted by molar-refractivity contribution is -0.143. The molecule has 2 rings (SSSR count). The minimum absolute atomic E-state index is 0.136. The van der Waals surface area contributed by atoms with Crippen molar-refractivity contribution in [3.8, 4) is 0 Å². The molecule has 4 heteroatoms. The molecule has 0 saturated carbocycles. The van der Waals surface area contributed by atoms with Crippen LogP contribution in [0, 0.1) is 0 Å². The lowest BCUT2D eigenvalue weighted by Crippen LogP contribution is -2.52. The number of nitrogens with one attached hydrogen (secondary N) is 1. The molecule has 4 nitrogen and oxygen atoms in total. The van der Waals surface area contributed by atoms with Gasteiger partial charge in [-0.1, -0.05) is 13.3 Å². The van der Waals surface area contributed by atoms with Crippen molar-refractivity contribution in [2.75, 3.05) is 26.7 Å². The van der Waals surface area contributed by atoms with Gasteiger partial charge >= 0.3 is 0 Å². The summed E-state index contributed by atoms with van der Waals surface area (Å²) in [6.45, 7) is 5.01. The highest BCUT2D eigenvalue weighted by molar-refractivity contribution is 5.85. The van der Waals surface area contributed by atoms with E-state index < -0.39 is 5.60 Å². The van der Waals surface area contributed by atoms with Crippen LogP contribution in [0.25, 0.3) is 0 Å². The van der Waals surface area contributed by atoms with Crippen LogP contribution in [0.1, 0.15) is 45.4 Å². The number of hydrogen-bond acceptors (Lipinski definition) is 3. The van der Waals surface area contributed by atoms with E-state index >= 15 is 0 Å². The molecule has 0 aromatic carbocycles. The molecule has 0 aliphatic carbocycles. The van der Waals surface area contributed by atoms with Gasteiger partial charge < -0.3 is 15.0 Å². The highest BCUT2D eigenvalue weighted by Gasteiger charge is 2.42. The Labute approximate surface area is 110 Å². The molecule has 0 radical (unpaired) electrons. The van der Waals surface area contributed by atoms with Crippen LogP contribution in [-0.2, 0) is 9.53 Å². The fourth-order valence-electron chi connectivity index (χ4n) is 3.06. The number of hydrogen-bond donors (Lipinski definition) is 1. The van der Waals surface area contributed by atoms with Gasteiger partial charge in [-0.25, -0.2) is 0 Å². The van der Waals surface area contributed by atoms with E-state index in [0.29, 0.717) is 6.04 Å². The molecule has 1 amide bonds. The maximum absolute atomic E-state index is 12.5. The van der Waals surface area contributed by atoms with Crippen molar-refractivity contribution in [1.29, 1.82) is 0 Å². The summed E-state index contributed by atoms with van der Waals surface area (Å²) in [5, 5.41) is 3.22. The Hall–Kier alpha value is -0.610. The molecule has 2 fully saturated rings. The highest BCUT2D eigenvalue weighted by atomic mass is 16.5. The van der Waals surface area contributed by atoms with E-state index in [2.05, 4.69) is 24.2 Å². The highest BCUT2D eigenvalue weighted by Crippen LogP contribution is 2.31. The number of carbonyl (C=O) groups is 1. The van der Waals surface area contributed by atoms with Crippen LogP contribution in [0.2, 0.25) is 0 Å². The van der Waals surface area contributed by atoms with Crippen LogP contribution in [0.4, 0.5) is 0 Å². The molecule has 1 unspecified atom stereocenters. The van der Waals surface area contributed by atoms with Crippen molar-refractivity contribution < 1.29 is 9.53 Å². The van der Waals surface area contributed by atoms with Crippen LogP contribution in [-0.4, -0.2) is 49.2 Å². The van der Waals surface area contributed by atoms with Gasteiger partial charge in [0.05, 0.1) is 0 Å². The van der Waals surface area contributed by atoms with Gasteiger partial charge in [0.15, 0.2) is 0 Å². The number of piperidine rings is 1. The third-order valence-electron chi connectivity index (χ3n) is 4.22. The standard InChI is InChI=1S/C14H26N2O2/c1-3-7-14(8-4-11-18-14)13(17)15-12-5-9-16(2)10-6-12/h12H,3-11H2,1-2H3,(H,15,17). The van der Waals surface area contributed by atoms with Gasteiger partial charge in [0.1, 0.15) is 5.60 Å². The fourth-order valence-corrected chi connectivity index (χ4v) is 3.06. The van der Waals surface area contributed by atoms with Crippen molar-refractivity contribution in [3.05, 3.63) is 0 Å². The summed E-state index contributed by atoms with van der Waals surface area (Å²) >= 11 is 0. The predicted molar refractivity (Wildman–Crippen MR) is 71.5 cm³/mol. The molecule has 2 heterocycles. The molecule has 104 valence electrons. The molecule has 2 aliphatic heterocycles. The Balaban J connectivity index is 1.89. The van der Waals surface area contributed by atoms with Gasteiger partial charge in [-0.05, 0) is 52.2 Å². The van der Waals surface area contributed by atoms with Crippen molar-refractivity contribution in [2.45, 2.75) is 57.1 Å². The second-order valence-corrected chi connectivity index (χ2v) is 5.75. The normalized spacial score (nSPS) is 30.6. The van der Waals surface area contributed by atoms with E-state index in [9.17, 15) is 4.79 Å². The van der Waals surface area contributed by atoms with Gasteiger partial charge in [-0.3, -0.25) is 4.79 Å². The Morgan fingerprint density at radius 3 is 2.72 bits per heavy atom. The van der Waals surface area contributed by atoms with Gasteiger partial charge in [0.2, 0.25) is 0 Å². The van der Waals surface area contributed by atoms with Gasteiger partial charge in [0, 0.05) is 12.6 Å². The van der Waals surface area contributed by atoms with E-state index in [1.54, 1.807) is 0 Å². The minimum Gasteiger partial charge on any atom is -0.365 e. The SMILES string of the molecule is CCCC1(C(=O)NC2CCN(C)CC2)CCCO1. The number of ether oxygens (including phenoxy) is 1. The van der Waals surface area contributed by atoms with Gasteiger partial charge in [-0.2, -0.15) is 0 Å². The smallest absolute Gasteiger partial charge is 0.252 e. The second kappa shape index (κ2) is 6.02. The van der Waals surface area contributed by atoms with Crippen molar-refractivity contribution in [3.63, 3.8) is 0 Å². The van der Waals surface area contributed by atoms with Crippen LogP contribution in [0.5, 0.6) is 0 Å². The fraction of sp³-hybridized carbons (Fsp3) is 0.929. The monoisotopic (exact) mass is 254 g/mol. The Morgan fingerprint density at radius 1 is 1.44 bits per heavy atom. The molecule has 0 bridgehead atoms. The Bertz CT molecular complexity index is 280. The van der Waals surface area contributed by atoms with E-state index in [0.717, 1.165) is 58.2 Å². The topological polar surface area (TPSA) is 41.6 Å². The number of amides is 1. The van der Waals surface area contributed by atoms with Crippen LogP contribution in [0.3, 0.4) is 0 Å². The van der Waals surface area contributed by atoms with E-state index in [-0.39, 0.29) is 5.91 Å². The molecule has 1 atom stereocenters. The zero-order valence-corrected chi connectivity index (χ0v) is 11.7. The molecule has 18 heavy (non-hydrogen) atoms. The average Bonchev–Trinajstić information content (AvgIpc) is 2.82. The Kier molecular flexibility index (Phi) is 4.62. The van der Waals surface area contributed by atoms with Crippen molar-refractivity contribution in [1.82, 2.24) is 10.2 Å². The van der Waals surface area contributed by atoms with Gasteiger partial charge in [0.25, 0.3) is 5.91 Å². The molecular formula is C14H26N2O2. The van der Waals surface area contributed by atoms with Crippen LogP contribution < -0.4 is 5.32 Å². The molecule has 0 aromatic heterocycles. The third-order valence-corrected chi connectivity index (χ3v) is 4.22. The zero-order valence-electron chi connectivity index (χ0n) is 11.7. The molecular weight excluding hydrogens is 228 g/mol. The molecule has 1 N–H and O–H groups in total. The first kappa shape index (κ1) is 13.8. The zero-order chi connectivity index (χ0) is 13.0. The molecule has 2 aliphatic rings. The lowest BCUT2D eigenvalue weighted by Gasteiger charge is -2.33. The van der Waals surface area contributed by atoms with E-state index in [1.807, 2.05) is 0 Å². The quantitative estimate of drug-likeness (QED) is 0.827. The average molecular weight is 254 g/mol. The van der Waals surface area contributed by atoms with E-state index in [1.165, 1.54) is 0 Å². The van der Waals surface area contributed by atoms with Crippen molar-refractivity contribution in [2.24, 2.45) is 0 Å². The summed E-state index contributed by atoms with van der Waals surface area (Å²) in [7, 11) is 2.14. The summed E-state index contributed by atoms with van der Waals surface area (Å²) in [5.74, 6) is 0.136.